The van der Waals surface area contributed by atoms with Gasteiger partial charge in [-0.15, -0.1) is 0 Å². The van der Waals surface area contributed by atoms with Gasteiger partial charge >= 0.3 is 11.3 Å². The SMILES string of the molecule is CCSc1n[n+]2c(c(=O)[nH]1)-c1ccccc1N(C(=O)CC)[C@H]2C. The number of anilines is 1. The number of aromatic amines is 1. The van der Waals surface area contributed by atoms with Crippen molar-refractivity contribution in [3.63, 3.8) is 0 Å². The standard InChI is InChI=1S/C16H18N4O2S/c1-4-13(21)19-10(3)20-14(11-8-6-7-9-12(11)19)15(22)17-16(18-20)23-5-2/h6-10H,4-5H2,1-3H3/p+1/t10-/m1/s1. The molecule has 1 aliphatic rings. The number of H-pyrrole nitrogens is 1. The second-order valence-electron chi connectivity index (χ2n) is 5.25. The topological polar surface area (TPSA) is 69.9 Å². The van der Waals surface area contributed by atoms with Crippen LogP contribution in [-0.2, 0) is 4.79 Å². The molecule has 2 aromatic rings. The lowest BCUT2D eigenvalue weighted by Crippen LogP contribution is -2.59. The fourth-order valence-electron chi connectivity index (χ4n) is 2.86. The van der Waals surface area contributed by atoms with Crippen LogP contribution in [0, 0.1) is 0 Å². The van der Waals surface area contributed by atoms with Gasteiger partial charge in [0.2, 0.25) is 11.1 Å². The van der Waals surface area contributed by atoms with Gasteiger partial charge in [0, 0.05) is 18.4 Å². The van der Waals surface area contributed by atoms with E-state index in [0.29, 0.717) is 17.3 Å². The zero-order chi connectivity index (χ0) is 16.6. The molecule has 0 fully saturated rings. The van der Waals surface area contributed by atoms with E-state index in [9.17, 15) is 9.59 Å². The maximum atomic E-state index is 12.6. The van der Waals surface area contributed by atoms with Gasteiger partial charge in [-0.05, 0) is 17.9 Å². The number of carbonyl (C=O) groups is 1. The van der Waals surface area contributed by atoms with Crippen LogP contribution in [0.1, 0.15) is 33.4 Å². The summed E-state index contributed by atoms with van der Waals surface area (Å²) in [5, 5.41) is 5.11. The minimum atomic E-state index is -0.342. The Balaban J connectivity index is 2.28. The molecular weight excluding hydrogens is 312 g/mol. The first-order valence-corrected chi connectivity index (χ1v) is 8.67. The van der Waals surface area contributed by atoms with Gasteiger partial charge < -0.3 is 0 Å². The second-order valence-corrected chi connectivity index (χ2v) is 6.50. The highest BCUT2D eigenvalue weighted by Gasteiger charge is 2.41. The number of thioether (sulfide) groups is 1. The molecule has 0 unspecified atom stereocenters. The molecule has 2 heterocycles. The average Bonchev–Trinajstić information content (AvgIpc) is 2.55. The third kappa shape index (κ3) is 2.55. The van der Waals surface area contributed by atoms with Crippen LogP contribution in [0.25, 0.3) is 11.3 Å². The fourth-order valence-corrected chi connectivity index (χ4v) is 3.44. The highest BCUT2D eigenvalue weighted by Crippen LogP contribution is 2.34. The van der Waals surface area contributed by atoms with E-state index in [-0.39, 0.29) is 17.6 Å². The monoisotopic (exact) mass is 331 g/mol. The van der Waals surface area contributed by atoms with Crippen molar-refractivity contribution in [2.45, 2.75) is 38.5 Å². The van der Waals surface area contributed by atoms with Gasteiger partial charge in [0.1, 0.15) is 0 Å². The van der Waals surface area contributed by atoms with Crippen molar-refractivity contribution in [1.29, 1.82) is 0 Å². The number of benzene rings is 1. The predicted octanol–water partition coefficient (Wildman–Crippen LogP) is 2.11. The molecule has 0 radical (unpaired) electrons. The highest BCUT2D eigenvalue weighted by atomic mass is 32.2. The van der Waals surface area contributed by atoms with E-state index in [4.69, 9.17) is 0 Å². The molecule has 0 saturated carbocycles. The van der Waals surface area contributed by atoms with Gasteiger partial charge in [0.15, 0.2) is 0 Å². The molecule has 0 bridgehead atoms. The minimum absolute atomic E-state index is 0.00914. The quantitative estimate of drug-likeness (QED) is 0.691. The van der Waals surface area contributed by atoms with E-state index < -0.39 is 0 Å². The number of para-hydroxylation sites is 1. The van der Waals surface area contributed by atoms with Gasteiger partial charge in [-0.1, -0.05) is 42.4 Å². The zero-order valence-electron chi connectivity index (χ0n) is 13.4. The van der Waals surface area contributed by atoms with Crippen LogP contribution in [0.3, 0.4) is 0 Å². The van der Waals surface area contributed by atoms with E-state index in [1.54, 1.807) is 9.58 Å². The summed E-state index contributed by atoms with van der Waals surface area (Å²) in [6.07, 6.45) is 0.0553. The van der Waals surface area contributed by atoms with Gasteiger partial charge in [-0.3, -0.25) is 19.5 Å². The molecule has 0 spiro atoms. The Morgan fingerprint density at radius 3 is 2.83 bits per heavy atom. The molecular formula is C16H19N4O2S+. The molecule has 3 rings (SSSR count). The lowest BCUT2D eigenvalue weighted by Gasteiger charge is -2.29. The minimum Gasteiger partial charge on any atom is -0.291 e. The Kier molecular flexibility index (Phi) is 4.21. The molecule has 7 heteroatoms. The van der Waals surface area contributed by atoms with Crippen molar-refractivity contribution in [2.75, 3.05) is 10.7 Å². The number of aromatic nitrogens is 3. The number of rotatable bonds is 3. The van der Waals surface area contributed by atoms with E-state index >= 15 is 0 Å². The number of fused-ring (bicyclic) bond motifs is 3. The maximum Gasteiger partial charge on any atom is 0.325 e. The summed E-state index contributed by atoms with van der Waals surface area (Å²) in [5.74, 6) is 0.820. The van der Waals surface area contributed by atoms with Crippen molar-refractivity contribution < 1.29 is 9.48 Å². The van der Waals surface area contributed by atoms with Gasteiger partial charge in [-0.25, -0.2) is 0 Å². The van der Waals surface area contributed by atoms with Crippen LogP contribution in [0.4, 0.5) is 5.69 Å². The molecule has 1 atom stereocenters. The van der Waals surface area contributed by atoms with Crippen LogP contribution in [0.15, 0.2) is 34.2 Å². The van der Waals surface area contributed by atoms with E-state index in [1.165, 1.54) is 11.8 Å². The molecule has 0 saturated heterocycles. The zero-order valence-corrected chi connectivity index (χ0v) is 14.2. The van der Waals surface area contributed by atoms with Gasteiger partial charge in [0.05, 0.1) is 11.3 Å². The summed E-state index contributed by atoms with van der Waals surface area (Å²) in [6, 6.07) is 7.46. The van der Waals surface area contributed by atoms with Crippen LogP contribution in [0.5, 0.6) is 0 Å². The Labute approximate surface area is 138 Å². The first kappa shape index (κ1) is 15.7. The van der Waals surface area contributed by atoms with E-state index in [1.807, 2.05) is 45.0 Å². The smallest absolute Gasteiger partial charge is 0.291 e. The molecule has 1 N–H and O–H groups in total. The number of hydrogen-bond acceptors (Lipinski definition) is 4. The van der Waals surface area contributed by atoms with Crippen LogP contribution < -0.4 is 15.1 Å². The number of nitrogens with zero attached hydrogens (tertiary/aromatic N) is 3. The Morgan fingerprint density at radius 1 is 1.39 bits per heavy atom. The Hall–Kier alpha value is -2.15. The number of carbonyl (C=O) groups excluding carboxylic acids is 1. The predicted molar refractivity (Wildman–Crippen MR) is 89.4 cm³/mol. The molecule has 6 nitrogen and oxygen atoms in total. The van der Waals surface area contributed by atoms with E-state index in [0.717, 1.165) is 17.0 Å². The molecule has 1 aliphatic heterocycles. The van der Waals surface area contributed by atoms with Crippen LogP contribution >= 0.6 is 11.8 Å². The van der Waals surface area contributed by atoms with Crippen molar-refractivity contribution in [1.82, 2.24) is 10.1 Å². The third-order valence-electron chi connectivity index (χ3n) is 3.86. The van der Waals surface area contributed by atoms with Crippen LogP contribution in [-0.4, -0.2) is 21.7 Å². The maximum absolute atomic E-state index is 12.6. The van der Waals surface area contributed by atoms with Crippen molar-refractivity contribution in [3.8, 4) is 11.3 Å². The van der Waals surface area contributed by atoms with Gasteiger partial charge in [0.25, 0.3) is 6.17 Å². The lowest BCUT2D eigenvalue weighted by molar-refractivity contribution is -0.768. The van der Waals surface area contributed by atoms with Crippen molar-refractivity contribution in [2.24, 2.45) is 0 Å². The third-order valence-corrected chi connectivity index (χ3v) is 4.61. The Bertz CT molecular complexity index is 818. The summed E-state index contributed by atoms with van der Waals surface area (Å²) in [7, 11) is 0. The van der Waals surface area contributed by atoms with E-state index in [2.05, 4.69) is 10.1 Å². The van der Waals surface area contributed by atoms with Crippen LogP contribution in [0.2, 0.25) is 0 Å². The second kappa shape index (κ2) is 6.16. The Morgan fingerprint density at radius 2 is 2.13 bits per heavy atom. The number of amides is 1. The first-order chi connectivity index (χ1) is 11.1. The highest BCUT2D eigenvalue weighted by molar-refractivity contribution is 7.99. The van der Waals surface area contributed by atoms with Crippen molar-refractivity contribution >= 4 is 23.4 Å². The summed E-state index contributed by atoms with van der Waals surface area (Å²) in [6.45, 7) is 5.72. The molecule has 23 heavy (non-hydrogen) atoms. The number of nitrogens with one attached hydrogen (secondary N) is 1. The number of hydrogen-bond donors (Lipinski definition) is 1. The lowest BCUT2D eigenvalue weighted by atomic mass is 10.0. The summed E-state index contributed by atoms with van der Waals surface area (Å²) < 4.78 is 1.66. The molecule has 1 amide bonds. The summed E-state index contributed by atoms with van der Waals surface area (Å²) >= 11 is 1.47. The van der Waals surface area contributed by atoms with Crippen molar-refractivity contribution in [3.05, 3.63) is 34.6 Å². The molecule has 120 valence electrons. The normalized spacial score (nSPS) is 16.0. The largest absolute Gasteiger partial charge is 0.325 e. The molecule has 0 aliphatic carbocycles. The fraction of sp³-hybridized carbons (Fsp3) is 0.375. The molecule has 1 aromatic heterocycles. The first-order valence-electron chi connectivity index (χ1n) is 7.68. The summed E-state index contributed by atoms with van der Waals surface area (Å²) in [5.41, 5.74) is 1.80. The summed E-state index contributed by atoms with van der Waals surface area (Å²) in [4.78, 5) is 29.6. The average molecular weight is 331 g/mol. The molecule has 1 aromatic carbocycles. The van der Waals surface area contributed by atoms with Gasteiger partial charge in [-0.2, -0.15) is 0 Å².